The summed E-state index contributed by atoms with van der Waals surface area (Å²) < 4.78 is 0. The highest BCUT2D eigenvalue weighted by molar-refractivity contribution is 5.85. The standard InChI is InChI=1S/C13H18N2O.ClH/c1-14-7-6-13(16)15-12-8-10-4-2-3-5-11(10)9-12;/h2-5,12,14H,6-9H2,1H3,(H,15,16);1H. The van der Waals surface area contributed by atoms with Gasteiger partial charge in [-0.15, -0.1) is 12.4 Å². The number of carbonyl (C=O) groups is 1. The SMILES string of the molecule is CNCCC(=O)NC1Cc2ccccc2C1.Cl. The third-order valence-corrected chi connectivity index (χ3v) is 3.02. The molecular formula is C13H19ClN2O. The fraction of sp³-hybridized carbons (Fsp3) is 0.462. The largest absolute Gasteiger partial charge is 0.353 e. The summed E-state index contributed by atoms with van der Waals surface area (Å²) in [5, 5.41) is 6.06. The van der Waals surface area contributed by atoms with Crippen LogP contribution >= 0.6 is 12.4 Å². The van der Waals surface area contributed by atoms with E-state index in [-0.39, 0.29) is 18.3 Å². The van der Waals surface area contributed by atoms with Crippen LogP contribution in [0.1, 0.15) is 17.5 Å². The molecule has 1 aromatic rings. The quantitative estimate of drug-likeness (QED) is 0.851. The Balaban J connectivity index is 0.00000144. The van der Waals surface area contributed by atoms with Crippen LogP contribution in [0.4, 0.5) is 0 Å². The highest BCUT2D eigenvalue weighted by Crippen LogP contribution is 2.21. The van der Waals surface area contributed by atoms with Gasteiger partial charge in [0.05, 0.1) is 0 Å². The molecule has 0 aliphatic heterocycles. The summed E-state index contributed by atoms with van der Waals surface area (Å²) in [7, 11) is 1.86. The van der Waals surface area contributed by atoms with Gasteiger partial charge in [0.25, 0.3) is 0 Å². The first kappa shape index (κ1) is 14.0. The molecule has 0 fully saturated rings. The van der Waals surface area contributed by atoms with Crippen LogP contribution in [0.15, 0.2) is 24.3 Å². The van der Waals surface area contributed by atoms with Crippen LogP contribution in [0.3, 0.4) is 0 Å². The van der Waals surface area contributed by atoms with Crippen LogP contribution in [0, 0.1) is 0 Å². The maximum Gasteiger partial charge on any atom is 0.221 e. The second kappa shape index (κ2) is 6.62. The molecule has 0 radical (unpaired) electrons. The maximum absolute atomic E-state index is 11.6. The summed E-state index contributed by atoms with van der Waals surface area (Å²) >= 11 is 0. The normalized spacial score (nSPS) is 13.9. The number of fused-ring (bicyclic) bond motifs is 1. The Morgan fingerprint density at radius 2 is 1.88 bits per heavy atom. The lowest BCUT2D eigenvalue weighted by atomic mass is 10.1. The van der Waals surface area contributed by atoms with Gasteiger partial charge in [0.15, 0.2) is 0 Å². The number of carbonyl (C=O) groups excluding carboxylic acids is 1. The molecule has 0 unspecified atom stereocenters. The highest BCUT2D eigenvalue weighted by Gasteiger charge is 2.21. The Bertz CT molecular complexity index is 356. The minimum atomic E-state index is 0. The van der Waals surface area contributed by atoms with Gasteiger partial charge in [0, 0.05) is 19.0 Å². The lowest BCUT2D eigenvalue weighted by molar-refractivity contribution is -0.121. The van der Waals surface area contributed by atoms with Gasteiger partial charge >= 0.3 is 0 Å². The predicted octanol–water partition coefficient (Wildman–Crippen LogP) is 1.30. The van der Waals surface area contributed by atoms with E-state index in [1.807, 2.05) is 7.05 Å². The molecule has 2 N–H and O–H groups in total. The molecule has 0 bridgehead atoms. The van der Waals surface area contributed by atoms with Crippen LogP contribution in [0.5, 0.6) is 0 Å². The molecule has 0 heterocycles. The van der Waals surface area contributed by atoms with Gasteiger partial charge in [-0.05, 0) is 31.0 Å². The van der Waals surface area contributed by atoms with E-state index in [2.05, 4.69) is 34.9 Å². The van der Waals surface area contributed by atoms with Crippen molar-refractivity contribution in [2.24, 2.45) is 0 Å². The van der Waals surface area contributed by atoms with Crippen LogP contribution in [-0.2, 0) is 17.6 Å². The first-order chi connectivity index (χ1) is 7.79. The van der Waals surface area contributed by atoms with Crippen molar-refractivity contribution in [1.82, 2.24) is 10.6 Å². The molecule has 1 aliphatic rings. The van der Waals surface area contributed by atoms with E-state index in [9.17, 15) is 4.79 Å². The number of rotatable bonds is 4. The van der Waals surface area contributed by atoms with Gasteiger partial charge in [-0.2, -0.15) is 0 Å². The minimum Gasteiger partial charge on any atom is -0.353 e. The van der Waals surface area contributed by atoms with Gasteiger partial charge in [-0.3, -0.25) is 4.79 Å². The molecule has 1 aromatic carbocycles. The molecule has 0 spiro atoms. The Morgan fingerprint density at radius 3 is 2.41 bits per heavy atom. The van der Waals surface area contributed by atoms with E-state index in [4.69, 9.17) is 0 Å². The maximum atomic E-state index is 11.6. The smallest absolute Gasteiger partial charge is 0.221 e. The van der Waals surface area contributed by atoms with E-state index < -0.39 is 0 Å². The molecule has 0 saturated carbocycles. The van der Waals surface area contributed by atoms with Crippen molar-refractivity contribution in [2.75, 3.05) is 13.6 Å². The average molecular weight is 255 g/mol. The number of amides is 1. The summed E-state index contributed by atoms with van der Waals surface area (Å²) in [4.78, 5) is 11.6. The van der Waals surface area contributed by atoms with E-state index in [1.54, 1.807) is 0 Å². The Hall–Kier alpha value is -1.06. The number of hydrogen-bond acceptors (Lipinski definition) is 2. The monoisotopic (exact) mass is 254 g/mol. The number of hydrogen-bond donors (Lipinski definition) is 2. The minimum absolute atomic E-state index is 0. The van der Waals surface area contributed by atoms with Gasteiger partial charge in [0.1, 0.15) is 0 Å². The zero-order valence-electron chi connectivity index (χ0n) is 10.0. The van der Waals surface area contributed by atoms with E-state index in [0.29, 0.717) is 12.5 Å². The zero-order valence-corrected chi connectivity index (χ0v) is 10.8. The van der Waals surface area contributed by atoms with Crippen molar-refractivity contribution >= 4 is 18.3 Å². The van der Waals surface area contributed by atoms with Gasteiger partial charge in [0.2, 0.25) is 5.91 Å². The molecule has 0 aromatic heterocycles. The molecule has 94 valence electrons. The van der Waals surface area contributed by atoms with Crippen molar-refractivity contribution in [2.45, 2.75) is 25.3 Å². The van der Waals surface area contributed by atoms with E-state index >= 15 is 0 Å². The Morgan fingerprint density at radius 1 is 1.29 bits per heavy atom. The summed E-state index contributed by atoms with van der Waals surface area (Å²) in [5.41, 5.74) is 2.75. The third-order valence-electron chi connectivity index (χ3n) is 3.02. The van der Waals surface area contributed by atoms with Gasteiger partial charge in [-0.1, -0.05) is 24.3 Å². The number of benzene rings is 1. The second-order valence-electron chi connectivity index (χ2n) is 4.29. The van der Waals surface area contributed by atoms with Crippen molar-refractivity contribution in [3.63, 3.8) is 0 Å². The molecule has 0 atom stereocenters. The lowest BCUT2D eigenvalue weighted by Gasteiger charge is -2.11. The molecule has 3 nitrogen and oxygen atoms in total. The highest BCUT2D eigenvalue weighted by atomic mass is 35.5. The van der Waals surface area contributed by atoms with Gasteiger partial charge in [-0.25, -0.2) is 0 Å². The molecular weight excluding hydrogens is 236 g/mol. The molecule has 2 rings (SSSR count). The van der Waals surface area contributed by atoms with Gasteiger partial charge < -0.3 is 10.6 Å². The Kier molecular flexibility index (Phi) is 5.45. The fourth-order valence-electron chi connectivity index (χ4n) is 2.20. The van der Waals surface area contributed by atoms with E-state index in [1.165, 1.54) is 11.1 Å². The molecule has 0 saturated heterocycles. The summed E-state index contributed by atoms with van der Waals surface area (Å²) in [6.45, 7) is 0.742. The molecule has 1 amide bonds. The number of nitrogens with one attached hydrogen (secondary N) is 2. The summed E-state index contributed by atoms with van der Waals surface area (Å²) in [5.74, 6) is 0.146. The van der Waals surface area contributed by atoms with Crippen LogP contribution in [-0.4, -0.2) is 25.5 Å². The third kappa shape index (κ3) is 3.72. The first-order valence-corrected chi connectivity index (χ1v) is 5.80. The molecule has 1 aliphatic carbocycles. The zero-order chi connectivity index (χ0) is 11.4. The summed E-state index contributed by atoms with van der Waals surface area (Å²) in [6, 6.07) is 8.71. The van der Waals surface area contributed by atoms with Crippen molar-refractivity contribution in [1.29, 1.82) is 0 Å². The summed E-state index contributed by atoms with van der Waals surface area (Å²) in [6.07, 6.45) is 2.51. The Labute approximate surface area is 108 Å². The van der Waals surface area contributed by atoms with Crippen LogP contribution < -0.4 is 10.6 Å². The topological polar surface area (TPSA) is 41.1 Å². The molecule has 17 heavy (non-hydrogen) atoms. The predicted molar refractivity (Wildman–Crippen MR) is 71.6 cm³/mol. The van der Waals surface area contributed by atoms with E-state index in [0.717, 1.165) is 19.4 Å². The molecule has 4 heteroatoms. The van der Waals surface area contributed by atoms with Crippen LogP contribution in [0.2, 0.25) is 0 Å². The lowest BCUT2D eigenvalue weighted by Crippen LogP contribution is -2.36. The fourth-order valence-corrected chi connectivity index (χ4v) is 2.20. The van der Waals surface area contributed by atoms with Crippen molar-refractivity contribution in [3.05, 3.63) is 35.4 Å². The first-order valence-electron chi connectivity index (χ1n) is 5.80. The number of halogens is 1. The van der Waals surface area contributed by atoms with Crippen molar-refractivity contribution in [3.8, 4) is 0 Å². The van der Waals surface area contributed by atoms with Crippen molar-refractivity contribution < 1.29 is 4.79 Å². The van der Waals surface area contributed by atoms with Crippen LogP contribution in [0.25, 0.3) is 0 Å². The average Bonchev–Trinajstić information content (AvgIpc) is 2.68. The second-order valence-corrected chi connectivity index (χ2v) is 4.29.